The van der Waals surface area contributed by atoms with Crippen molar-refractivity contribution in [2.24, 2.45) is 0 Å². The van der Waals surface area contributed by atoms with Gasteiger partial charge in [0.15, 0.2) is 0 Å². The number of nitrogens with zero attached hydrogens (tertiary/aromatic N) is 2. The van der Waals surface area contributed by atoms with E-state index >= 15 is 0 Å². The number of para-hydroxylation sites is 1. The first-order valence-electron chi connectivity index (χ1n) is 6.20. The molecule has 0 aliphatic carbocycles. The predicted octanol–water partition coefficient (Wildman–Crippen LogP) is 5.63. The lowest BCUT2D eigenvalue weighted by atomic mass is 10.2. The molecule has 0 aliphatic rings. The molecule has 108 valence electrons. The molecule has 2 nitrogen and oxygen atoms in total. The molecular formula is C15H10BrCl2FN2. The van der Waals surface area contributed by atoms with Crippen molar-refractivity contribution in [3.8, 4) is 5.69 Å². The number of rotatable bonds is 2. The second-order valence-electron chi connectivity index (χ2n) is 4.66. The highest BCUT2D eigenvalue weighted by molar-refractivity contribution is 9.10. The molecule has 0 saturated carbocycles. The largest absolute Gasteiger partial charge is 0.293 e. The molecule has 1 aromatic heterocycles. The Hall–Kier alpha value is -1.10. The second kappa shape index (κ2) is 5.59. The van der Waals surface area contributed by atoms with E-state index in [1.54, 1.807) is 12.1 Å². The minimum atomic E-state index is -0.343. The van der Waals surface area contributed by atoms with Gasteiger partial charge < -0.3 is 0 Å². The van der Waals surface area contributed by atoms with Crippen LogP contribution in [0.4, 0.5) is 4.39 Å². The lowest BCUT2D eigenvalue weighted by Crippen LogP contribution is -2.03. The summed E-state index contributed by atoms with van der Waals surface area (Å²) in [6, 6.07) is 8.66. The summed E-state index contributed by atoms with van der Waals surface area (Å²) < 4.78 is 16.2. The number of alkyl halides is 1. The first-order valence-corrected chi connectivity index (χ1v) is 7.91. The zero-order valence-electron chi connectivity index (χ0n) is 11.0. The smallest absolute Gasteiger partial charge is 0.139 e. The molecule has 6 heteroatoms. The molecule has 0 bridgehead atoms. The summed E-state index contributed by atoms with van der Waals surface area (Å²) in [4.78, 5) is 4.47. The molecule has 0 spiro atoms. The van der Waals surface area contributed by atoms with Crippen molar-refractivity contribution >= 4 is 50.2 Å². The third-order valence-electron chi connectivity index (χ3n) is 3.30. The van der Waals surface area contributed by atoms with Crippen molar-refractivity contribution in [1.29, 1.82) is 0 Å². The quantitative estimate of drug-likeness (QED) is 0.521. The molecule has 0 aliphatic heterocycles. The van der Waals surface area contributed by atoms with E-state index in [1.165, 1.54) is 6.07 Å². The summed E-state index contributed by atoms with van der Waals surface area (Å²) in [6.45, 7) is 1.90. The van der Waals surface area contributed by atoms with E-state index in [1.807, 2.05) is 23.6 Å². The van der Waals surface area contributed by atoms with Crippen LogP contribution in [0.15, 0.2) is 34.8 Å². The minimum absolute atomic E-state index is 0.210. The molecule has 0 N–H and O–H groups in total. The van der Waals surface area contributed by atoms with Crippen molar-refractivity contribution in [2.45, 2.75) is 12.8 Å². The molecular weight excluding hydrogens is 378 g/mol. The molecule has 3 aromatic rings. The van der Waals surface area contributed by atoms with E-state index in [2.05, 4.69) is 20.9 Å². The fraction of sp³-hybridized carbons (Fsp3) is 0.133. The van der Waals surface area contributed by atoms with Gasteiger partial charge in [-0.3, -0.25) is 4.57 Å². The third kappa shape index (κ3) is 2.45. The molecule has 0 saturated heterocycles. The van der Waals surface area contributed by atoms with Gasteiger partial charge in [0.25, 0.3) is 0 Å². The van der Waals surface area contributed by atoms with Gasteiger partial charge in [-0.25, -0.2) is 9.37 Å². The Kier molecular flexibility index (Phi) is 3.95. The Labute approximate surface area is 139 Å². The van der Waals surface area contributed by atoms with E-state index in [4.69, 9.17) is 23.2 Å². The van der Waals surface area contributed by atoms with Crippen LogP contribution in [0.3, 0.4) is 0 Å². The maximum absolute atomic E-state index is 13.9. The molecule has 0 fully saturated rings. The zero-order chi connectivity index (χ0) is 15.1. The van der Waals surface area contributed by atoms with Gasteiger partial charge in [-0.15, -0.1) is 11.6 Å². The first-order chi connectivity index (χ1) is 10.0. The molecule has 21 heavy (non-hydrogen) atoms. The van der Waals surface area contributed by atoms with E-state index < -0.39 is 0 Å². The van der Waals surface area contributed by atoms with Crippen molar-refractivity contribution in [2.75, 3.05) is 0 Å². The van der Waals surface area contributed by atoms with Gasteiger partial charge in [-0.1, -0.05) is 17.7 Å². The predicted molar refractivity (Wildman–Crippen MR) is 88.0 cm³/mol. The van der Waals surface area contributed by atoms with Gasteiger partial charge in [0.1, 0.15) is 11.6 Å². The monoisotopic (exact) mass is 386 g/mol. The maximum Gasteiger partial charge on any atom is 0.139 e. The maximum atomic E-state index is 13.9. The van der Waals surface area contributed by atoms with Crippen molar-refractivity contribution in [3.05, 3.63) is 57.0 Å². The summed E-state index contributed by atoms with van der Waals surface area (Å²) in [5, 5.41) is 0.555. The molecule has 0 amide bonds. The highest BCUT2D eigenvalue weighted by Crippen LogP contribution is 2.31. The van der Waals surface area contributed by atoms with Gasteiger partial charge in [0, 0.05) is 0 Å². The Balaban J connectivity index is 2.41. The number of aryl methyl sites for hydroxylation is 1. The summed E-state index contributed by atoms with van der Waals surface area (Å²) in [5.41, 5.74) is 3.05. The van der Waals surface area contributed by atoms with Crippen LogP contribution in [0.2, 0.25) is 5.02 Å². The molecule has 1 heterocycles. The lowest BCUT2D eigenvalue weighted by Gasteiger charge is -2.13. The number of imidazole rings is 1. The normalized spacial score (nSPS) is 11.3. The first kappa shape index (κ1) is 14.8. The van der Waals surface area contributed by atoms with Crippen LogP contribution in [0.25, 0.3) is 16.7 Å². The van der Waals surface area contributed by atoms with Gasteiger partial charge >= 0.3 is 0 Å². The van der Waals surface area contributed by atoms with Gasteiger partial charge in [-0.2, -0.15) is 0 Å². The topological polar surface area (TPSA) is 17.8 Å². The van der Waals surface area contributed by atoms with E-state index in [9.17, 15) is 4.39 Å². The number of fused-ring (bicyclic) bond motifs is 1. The number of hydrogen-bond donors (Lipinski definition) is 0. The fourth-order valence-electron chi connectivity index (χ4n) is 2.36. The minimum Gasteiger partial charge on any atom is -0.293 e. The number of aromatic nitrogens is 2. The Morgan fingerprint density at radius 3 is 2.81 bits per heavy atom. The lowest BCUT2D eigenvalue weighted by molar-refractivity contribution is 0.619. The Bertz CT molecular complexity index is 845. The molecule has 2 aromatic carbocycles. The van der Waals surface area contributed by atoms with Crippen molar-refractivity contribution < 1.29 is 4.39 Å². The third-order valence-corrected chi connectivity index (χ3v) is 4.45. The number of halogens is 4. The van der Waals surface area contributed by atoms with Crippen LogP contribution >= 0.6 is 39.1 Å². The SMILES string of the molecule is Cc1cc(Br)c(F)cc1-n1c(CCl)nc2cccc(Cl)c21. The highest BCUT2D eigenvalue weighted by Gasteiger charge is 2.17. The second-order valence-corrected chi connectivity index (χ2v) is 6.19. The van der Waals surface area contributed by atoms with E-state index in [-0.39, 0.29) is 11.7 Å². The zero-order valence-corrected chi connectivity index (χ0v) is 14.1. The number of hydrogen-bond acceptors (Lipinski definition) is 1. The van der Waals surface area contributed by atoms with Crippen LogP contribution in [0.1, 0.15) is 11.4 Å². The summed E-state index contributed by atoms with van der Waals surface area (Å²) in [6.07, 6.45) is 0. The van der Waals surface area contributed by atoms with Crippen molar-refractivity contribution in [3.63, 3.8) is 0 Å². The van der Waals surface area contributed by atoms with E-state index in [0.29, 0.717) is 21.0 Å². The van der Waals surface area contributed by atoms with Crippen molar-refractivity contribution in [1.82, 2.24) is 9.55 Å². The highest BCUT2D eigenvalue weighted by atomic mass is 79.9. The van der Waals surface area contributed by atoms with Crippen LogP contribution in [-0.4, -0.2) is 9.55 Å². The Morgan fingerprint density at radius 2 is 2.10 bits per heavy atom. The summed E-state index contributed by atoms with van der Waals surface area (Å²) in [5.74, 6) is 0.497. The fourth-order valence-corrected chi connectivity index (χ4v) is 3.25. The number of benzene rings is 2. The average molecular weight is 388 g/mol. The van der Waals surface area contributed by atoms with Gasteiger partial charge in [0.05, 0.1) is 32.1 Å². The Morgan fingerprint density at radius 1 is 1.33 bits per heavy atom. The van der Waals surface area contributed by atoms with Crippen LogP contribution in [0, 0.1) is 12.7 Å². The van der Waals surface area contributed by atoms with Crippen LogP contribution < -0.4 is 0 Å². The molecule has 0 unspecified atom stereocenters. The molecule has 0 radical (unpaired) electrons. The summed E-state index contributed by atoms with van der Waals surface area (Å²) >= 11 is 15.5. The summed E-state index contributed by atoms with van der Waals surface area (Å²) in [7, 11) is 0. The molecule has 0 atom stereocenters. The molecule has 3 rings (SSSR count). The van der Waals surface area contributed by atoms with Gasteiger partial charge in [-0.05, 0) is 52.7 Å². The van der Waals surface area contributed by atoms with E-state index in [0.717, 1.165) is 16.6 Å². The average Bonchev–Trinajstić information content (AvgIpc) is 2.82. The van der Waals surface area contributed by atoms with Crippen LogP contribution in [0.5, 0.6) is 0 Å². The van der Waals surface area contributed by atoms with Gasteiger partial charge in [0.2, 0.25) is 0 Å². The standard InChI is InChI=1S/C15H10BrCl2FN2/c1-8-5-9(16)11(19)6-13(8)21-14(7-17)20-12-4-2-3-10(18)15(12)21/h2-6H,7H2,1H3. The van der Waals surface area contributed by atoms with Crippen LogP contribution in [-0.2, 0) is 5.88 Å².